The van der Waals surface area contributed by atoms with E-state index in [4.69, 9.17) is 4.74 Å². The molecule has 20 heavy (non-hydrogen) atoms. The Labute approximate surface area is 119 Å². The van der Waals surface area contributed by atoms with E-state index in [1.165, 1.54) is 0 Å². The SMILES string of the molecule is COc1cc(C)c(NC(=O)C2(C#N)CCCCC2)cn1. The van der Waals surface area contributed by atoms with E-state index >= 15 is 0 Å². The van der Waals surface area contributed by atoms with Gasteiger partial charge in [0.2, 0.25) is 11.8 Å². The van der Waals surface area contributed by atoms with Gasteiger partial charge in [-0.3, -0.25) is 4.79 Å². The minimum atomic E-state index is -0.884. The zero-order chi connectivity index (χ0) is 14.6. The number of pyridine rings is 1. The number of nitriles is 1. The van der Waals surface area contributed by atoms with Crippen molar-refractivity contribution in [1.29, 1.82) is 5.26 Å². The molecule has 1 heterocycles. The Morgan fingerprint density at radius 3 is 2.70 bits per heavy atom. The first-order valence-electron chi connectivity index (χ1n) is 6.85. The van der Waals surface area contributed by atoms with Crippen molar-refractivity contribution in [3.8, 4) is 11.9 Å². The average molecular weight is 273 g/mol. The van der Waals surface area contributed by atoms with Crippen LogP contribution in [0, 0.1) is 23.7 Å². The summed E-state index contributed by atoms with van der Waals surface area (Å²) >= 11 is 0. The van der Waals surface area contributed by atoms with Gasteiger partial charge in [0.15, 0.2) is 0 Å². The third-order valence-electron chi connectivity index (χ3n) is 3.90. The molecule has 2 rings (SSSR count). The van der Waals surface area contributed by atoms with Gasteiger partial charge in [0.1, 0.15) is 5.41 Å². The fourth-order valence-corrected chi connectivity index (χ4v) is 2.56. The summed E-state index contributed by atoms with van der Waals surface area (Å²) in [7, 11) is 1.55. The van der Waals surface area contributed by atoms with Crippen LogP contribution in [0.4, 0.5) is 5.69 Å². The topological polar surface area (TPSA) is 75.0 Å². The van der Waals surface area contributed by atoms with E-state index in [1.807, 2.05) is 6.92 Å². The van der Waals surface area contributed by atoms with Gasteiger partial charge in [-0.15, -0.1) is 0 Å². The summed E-state index contributed by atoms with van der Waals surface area (Å²) in [6.07, 6.45) is 5.80. The molecule has 1 N–H and O–H groups in total. The molecule has 1 aliphatic rings. The highest BCUT2D eigenvalue weighted by atomic mass is 16.5. The van der Waals surface area contributed by atoms with Gasteiger partial charge in [0.25, 0.3) is 0 Å². The van der Waals surface area contributed by atoms with E-state index in [9.17, 15) is 10.1 Å². The largest absolute Gasteiger partial charge is 0.481 e. The van der Waals surface area contributed by atoms with Crippen LogP contribution >= 0.6 is 0 Å². The van der Waals surface area contributed by atoms with E-state index in [2.05, 4.69) is 16.4 Å². The Kier molecular flexibility index (Phi) is 4.23. The van der Waals surface area contributed by atoms with E-state index in [0.717, 1.165) is 24.8 Å². The van der Waals surface area contributed by atoms with Crippen LogP contribution < -0.4 is 10.1 Å². The Morgan fingerprint density at radius 2 is 2.15 bits per heavy atom. The number of ether oxygens (including phenoxy) is 1. The second kappa shape index (κ2) is 5.91. The van der Waals surface area contributed by atoms with Crippen LogP contribution in [0.3, 0.4) is 0 Å². The van der Waals surface area contributed by atoms with Crippen LogP contribution in [0.1, 0.15) is 37.7 Å². The lowest BCUT2D eigenvalue weighted by molar-refractivity contribution is -0.124. The number of nitrogens with zero attached hydrogens (tertiary/aromatic N) is 2. The molecule has 1 aromatic heterocycles. The molecule has 1 aliphatic carbocycles. The summed E-state index contributed by atoms with van der Waals surface area (Å²) in [5.41, 5.74) is 0.620. The molecule has 0 bridgehead atoms. The van der Waals surface area contributed by atoms with Gasteiger partial charge in [-0.25, -0.2) is 4.98 Å². The van der Waals surface area contributed by atoms with Crippen LogP contribution in [-0.4, -0.2) is 18.0 Å². The Morgan fingerprint density at radius 1 is 1.45 bits per heavy atom. The molecule has 1 amide bonds. The molecule has 1 saturated carbocycles. The maximum absolute atomic E-state index is 12.4. The summed E-state index contributed by atoms with van der Waals surface area (Å²) < 4.78 is 5.04. The maximum Gasteiger partial charge on any atom is 0.244 e. The van der Waals surface area contributed by atoms with Crippen molar-refractivity contribution < 1.29 is 9.53 Å². The Hall–Kier alpha value is -2.09. The van der Waals surface area contributed by atoms with Crippen molar-refractivity contribution in [2.75, 3.05) is 12.4 Å². The first kappa shape index (κ1) is 14.3. The van der Waals surface area contributed by atoms with Crippen LogP contribution in [0.25, 0.3) is 0 Å². The fraction of sp³-hybridized carbons (Fsp3) is 0.533. The van der Waals surface area contributed by atoms with Gasteiger partial charge in [-0.05, 0) is 25.3 Å². The first-order valence-corrected chi connectivity index (χ1v) is 6.85. The van der Waals surface area contributed by atoms with Gasteiger partial charge >= 0.3 is 0 Å². The molecule has 1 fully saturated rings. The van der Waals surface area contributed by atoms with E-state index in [0.29, 0.717) is 24.4 Å². The van der Waals surface area contributed by atoms with Crippen LogP contribution in [-0.2, 0) is 4.79 Å². The quantitative estimate of drug-likeness (QED) is 0.918. The zero-order valence-electron chi connectivity index (χ0n) is 11.9. The number of hydrogen-bond donors (Lipinski definition) is 1. The molecular formula is C15H19N3O2. The van der Waals surface area contributed by atoms with Crippen molar-refractivity contribution in [1.82, 2.24) is 4.98 Å². The van der Waals surface area contributed by atoms with Gasteiger partial charge in [-0.1, -0.05) is 19.3 Å². The van der Waals surface area contributed by atoms with Gasteiger partial charge < -0.3 is 10.1 Å². The number of aromatic nitrogens is 1. The molecule has 1 aromatic rings. The van der Waals surface area contributed by atoms with Crippen molar-refractivity contribution in [3.05, 3.63) is 17.8 Å². The molecule has 0 aromatic carbocycles. The second-order valence-electron chi connectivity index (χ2n) is 5.25. The zero-order valence-corrected chi connectivity index (χ0v) is 11.9. The van der Waals surface area contributed by atoms with Gasteiger partial charge in [0, 0.05) is 6.07 Å². The van der Waals surface area contributed by atoms with Crippen molar-refractivity contribution in [2.45, 2.75) is 39.0 Å². The predicted octanol–water partition coefficient (Wildman–Crippen LogP) is 2.81. The Bertz CT molecular complexity index is 543. The lowest BCUT2D eigenvalue weighted by Crippen LogP contribution is -2.37. The number of anilines is 1. The molecule has 0 spiro atoms. The average Bonchev–Trinajstić information content (AvgIpc) is 2.49. The number of nitrogens with one attached hydrogen (secondary N) is 1. The number of carbonyl (C=O) groups is 1. The summed E-state index contributed by atoms with van der Waals surface area (Å²) in [5, 5.41) is 12.2. The summed E-state index contributed by atoms with van der Waals surface area (Å²) in [4.78, 5) is 16.5. The minimum Gasteiger partial charge on any atom is -0.481 e. The molecular weight excluding hydrogens is 254 g/mol. The summed E-state index contributed by atoms with van der Waals surface area (Å²) in [6, 6.07) is 3.98. The number of carbonyl (C=O) groups excluding carboxylic acids is 1. The highest BCUT2D eigenvalue weighted by Gasteiger charge is 2.39. The second-order valence-corrected chi connectivity index (χ2v) is 5.25. The molecule has 5 heteroatoms. The van der Waals surface area contributed by atoms with Gasteiger partial charge in [-0.2, -0.15) is 5.26 Å². The highest BCUT2D eigenvalue weighted by Crippen LogP contribution is 2.37. The number of amides is 1. The third kappa shape index (κ3) is 2.74. The van der Waals surface area contributed by atoms with Crippen LogP contribution in [0.5, 0.6) is 5.88 Å². The minimum absolute atomic E-state index is 0.213. The summed E-state index contributed by atoms with van der Waals surface area (Å²) in [6.45, 7) is 1.87. The molecule has 0 saturated heterocycles. The molecule has 106 valence electrons. The number of hydrogen-bond acceptors (Lipinski definition) is 4. The number of rotatable bonds is 3. The first-order chi connectivity index (χ1) is 9.61. The van der Waals surface area contributed by atoms with E-state index < -0.39 is 5.41 Å². The third-order valence-corrected chi connectivity index (χ3v) is 3.90. The van der Waals surface area contributed by atoms with E-state index in [1.54, 1.807) is 19.4 Å². The van der Waals surface area contributed by atoms with E-state index in [-0.39, 0.29) is 5.91 Å². The maximum atomic E-state index is 12.4. The highest BCUT2D eigenvalue weighted by molar-refractivity contribution is 5.97. The Balaban J connectivity index is 2.17. The smallest absolute Gasteiger partial charge is 0.244 e. The van der Waals surface area contributed by atoms with Crippen molar-refractivity contribution >= 4 is 11.6 Å². The molecule has 0 unspecified atom stereocenters. The van der Waals surface area contributed by atoms with Gasteiger partial charge in [0.05, 0.1) is 25.1 Å². The standard InChI is InChI=1S/C15H19N3O2/c1-11-8-13(20-2)17-9-12(11)18-14(19)15(10-16)6-4-3-5-7-15/h8-9H,3-7H2,1-2H3,(H,18,19). The monoisotopic (exact) mass is 273 g/mol. The number of aryl methyl sites for hydroxylation is 1. The molecule has 0 radical (unpaired) electrons. The van der Waals surface area contributed by atoms with Crippen molar-refractivity contribution in [2.24, 2.45) is 5.41 Å². The molecule has 5 nitrogen and oxygen atoms in total. The normalized spacial score (nSPS) is 17.1. The summed E-state index contributed by atoms with van der Waals surface area (Å²) in [5.74, 6) is 0.294. The van der Waals surface area contributed by atoms with Crippen LogP contribution in [0.2, 0.25) is 0 Å². The molecule has 0 aliphatic heterocycles. The lowest BCUT2D eigenvalue weighted by Gasteiger charge is -2.29. The lowest BCUT2D eigenvalue weighted by atomic mass is 9.74. The van der Waals surface area contributed by atoms with Crippen LogP contribution in [0.15, 0.2) is 12.3 Å². The predicted molar refractivity (Wildman–Crippen MR) is 75.3 cm³/mol. The fourth-order valence-electron chi connectivity index (χ4n) is 2.56. The molecule has 0 atom stereocenters. The van der Waals surface area contributed by atoms with Crippen molar-refractivity contribution in [3.63, 3.8) is 0 Å². The number of methoxy groups -OCH3 is 1.